The van der Waals surface area contributed by atoms with Gasteiger partial charge in [0.05, 0.1) is 18.5 Å². The van der Waals surface area contributed by atoms with Gasteiger partial charge in [0.15, 0.2) is 0 Å². The van der Waals surface area contributed by atoms with E-state index in [1.807, 2.05) is 54.2 Å². The van der Waals surface area contributed by atoms with Crippen molar-refractivity contribution in [3.8, 4) is 17.6 Å². The van der Waals surface area contributed by atoms with Crippen molar-refractivity contribution in [2.24, 2.45) is 0 Å². The van der Waals surface area contributed by atoms with Crippen LogP contribution in [0.5, 0.6) is 5.75 Å². The number of hydrogen-bond acceptors (Lipinski definition) is 4. The molecule has 0 aliphatic rings. The average molecular weight is 405 g/mol. The Bertz CT molecular complexity index is 1020. The Morgan fingerprint density at radius 2 is 1.97 bits per heavy atom. The van der Waals surface area contributed by atoms with Gasteiger partial charge < -0.3 is 10.1 Å². The summed E-state index contributed by atoms with van der Waals surface area (Å²) in [6.07, 6.45) is 2.11. The van der Waals surface area contributed by atoms with Crippen LogP contribution < -0.4 is 10.1 Å². The van der Waals surface area contributed by atoms with Crippen LogP contribution >= 0.6 is 11.8 Å². The van der Waals surface area contributed by atoms with Gasteiger partial charge in [-0.2, -0.15) is 0 Å². The molecule has 0 aliphatic heterocycles. The molecule has 0 saturated carbocycles. The molecule has 1 N–H and O–H groups in total. The lowest BCUT2D eigenvalue weighted by atomic mass is 10.1. The Morgan fingerprint density at radius 3 is 2.76 bits per heavy atom. The fourth-order valence-corrected chi connectivity index (χ4v) is 3.56. The fourth-order valence-electron chi connectivity index (χ4n) is 2.72. The predicted molar refractivity (Wildman–Crippen MR) is 119 cm³/mol. The van der Waals surface area contributed by atoms with Crippen LogP contribution in [-0.2, 0) is 11.2 Å². The minimum Gasteiger partial charge on any atom is -0.481 e. The van der Waals surface area contributed by atoms with Crippen molar-refractivity contribution >= 4 is 28.6 Å². The van der Waals surface area contributed by atoms with Gasteiger partial charge in [0.1, 0.15) is 12.4 Å². The van der Waals surface area contributed by atoms with Crippen LogP contribution in [0.25, 0.3) is 10.9 Å². The third kappa shape index (κ3) is 6.85. The molecule has 0 spiro atoms. The lowest BCUT2D eigenvalue weighted by molar-refractivity contribution is -0.120. The average Bonchev–Trinajstić information content (AvgIpc) is 2.71. The standard InChI is InChI=1S/C24H24N2O2S/c1-18(2)29-22-11-7-19(8-12-22)16-24(27)26-13-3-4-15-28-21-10-9-20-6-5-14-25-23(20)17-21/h5-12,14,17-18H,13,15-16H2,1-2H3,(H,26,27). The van der Waals surface area contributed by atoms with E-state index in [1.165, 1.54) is 4.90 Å². The highest BCUT2D eigenvalue weighted by atomic mass is 32.2. The smallest absolute Gasteiger partial charge is 0.225 e. The van der Waals surface area contributed by atoms with E-state index in [4.69, 9.17) is 4.74 Å². The van der Waals surface area contributed by atoms with Crippen molar-refractivity contribution < 1.29 is 9.53 Å². The van der Waals surface area contributed by atoms with E-state index >= 15 is 0 Å². The normalized spacial score (nSPS) is 10.4. The van der Waals surface area contributed by atoms with Gasteiger partial charge >= 0.3 is 0 Å². The number of pyridine rings is 1. The molecule has 0 aliphatic carbocycles. The van der Waals surface area contributed by atoms with Crippen molar-refractivity contribution in [1.29, 1.82) is 0 Å². The zero-order chi connectivity index (χ0) is 20.5. The highest BCUT2D eigenvalue weighted by Gasteiger charge is 2.03. The lowest BCUT2D eigenvalue weighted by Gasteiger charge is -2.06. The quantitative estimate of drug-likeness (QED) is 0.466. The summed E-state index contributed by atoms with van der Waals surface area (Å²) in [5.41, 5.74) is 1.89. The summed E-state index contributed by atoms with van der Waals surface area (Å²) in [6.45, 7) is 4.90. The number of nitrogens with one attached hydrogen (secondary N) is 1. The molecule has 1 heterocycles. The topological polar surface area (TPSA) is 51.2 Å². The Kier molecular flexibility index (Phi) is 7.54. The first-order valence-corrected chi connectivity index (χ1v) is 10.4. The van der Waals surface area contributed by atoms with Gasteiger partial charge in [-0.15, -0.1) is 11.8 Å². The summed E-state index contributed by atoms with van der Waals surface area (Å²) < 4.78 is 5.63. The SMILES string of the molecule is CC(C)Sc1ccc(CC(=O)NCC#CCOc2ccc3cccnc3c2)cc1. The van der Waals surface area contributed by atoms with E-state index in [0.29, 0.717) is 18.2 Å². The molecule has 0 bridgehead atoms. The minimum atomic E-state index is -0.0370. The number of carbonyl (C=O) groups is 1. The van der Waals surface area contributed by atoms with E-state index in [2.05, 4.69) is 48.1 Å². The molecule has 0 radical (unpaired) electrons. The Hall–Kier alpha value is -2.97. The number of ether oxygens (including phenoxy) is 1. The van der Waals surface area contributed by atoms with Crippen LogP contribution in [-0.4, -0.2) is 29.3 Å². The van der Waals surface area contributed by atoms with Crippen molar-refractivity contribution in [3.05, 3.63) is 66.4 Å². The highest BCUT2D eigenvalue weighted by molar-refractivity contribution is 7.99. The predicted octanol–water partition coefficient (Wildman–Crippen LogP) is 4.48. The second kappa shape index (κ2) is 10.5. The third-order valence-electron chi connectivity index (χ3n) is 4.05. The van der Waals surface area contributed by atoms with E-state index in [-0.39, 0.29) is 12.5 Å². The van der Waals surface area contributed by atoms with Crippen molar-refractivity contribution in [2.45, 2.75) is 30.4 Å². The first-order chi connectivity index (χ1) is 14.1. The number of thioether (sulfide) groups is 1. The molecule has 0 atom stereocenters. The maximum atomic E-state index is 12.0. The highest BCUT2D eigenvalue weighted by Crippen LogP contribution is 2.23. The maximum Gasteiger partial charge on any atom is 0.225 e. The fraction of sp³-hybridized carbons (Fsp3) is 0.250. The second-order valence-corrected chi connectivity index (χ2v) is 8.41. The second-order valence-electron chi connectivity index (χ2n) is 6.76. The molecule has 3 aromatic rings. The number of benzene rings is 2. The number of fused-ring (bicyclic) bond motifs is 1. The molecule has 4 nitrogen and oxygen atoms in total. The van der Waals surface area contributed by atoms with E-state index in [1.54, 1.807) is 6.20 Å². The molecular formula is C24H24N2O2S. The monoisotopic (exact) mass is 404 g/mol. The lowest BCUT2D eigenvalue weighted by Crippen LogP contribution is -2.25. The molecule has 5 heteroatoms. The summed E-state index contributed by atoms with van der Waals surface area (Å²) in [5.74, 6) is 6.52. The molecule has 1 amide bonds. The summed E-state index contributed by atoms with van der Waals surface area (Å²) in [7, 11) is 0. The summed E-state index contributed by atoms with van der Waals surface area (Å²) in [6, 6.07) is 17.8. The van der Waals surface area contributed by atoms with Gasteiger partial charge in [-0.25, -0.2) is 0 Å². The van der Waals surface area contributed by atoms with Gasteiger partial charge in [0, 0.05) is 27.8 Å². The summed E-state index contributed by atoms with van der Waals surface area (Å²) >= 11 is 1.81. The third-order valence-corrected chi connectivity index (χ3v) is 5.06. The van der Waals surface area contributed by atoms with Crippen LogP contribution in [0.4, 0.5) is 0 Å². The summed E-state index contributed by atoms with van der Waals surface area (Å²) in [4.78, 5) is 17.6. The largest absolute Gasteiger partial charge is 0.481 e. The Morgan fingerprint density at radius 1 is 1.14 bits per heavy atom. The number of nitrogens with zero attached hydrogens (tertiary/aromatic N) is 1. The van der Waals surface area contributed by atoms with Crippen molar-refractivity contribution in [1.82, 2.24) is 10.3 Å². The van der Waals surface area contributed by atoms with Crippen molar-refractivity contribution in [3.63, 3.8) is 0 Å². The van der Waals surface area contributed by atoms with E-state index < -0.39 is 0 Å². The number of carbonyl (C=O) groups excluding carboxylic acids is 1. The van der Waals surface area contributed by atoms with Gasteiger partial charge in [0.25, 0.3) is 0 Å². The van der Waals surface area contributed by atoms with E-state index in [0.717, 1.165) is 22.2 Å². The molecule has 29 heavy (non-hydrogen) atoms. The Labute approximate surface area is 176 Å². The molecule has 2 aromatic carbocycles. The number of hydrogen-bond donors (Lipinski definition) is 1. The van der Waals surface area contributed by atoms with E-state index in [9.17, 15) is 4.79 Å². The minimum absolute atomic E-state index is 0.0370. The molecule has 0 fully saturated rings. The molecule has 148 valence electrons. The molecule has 3 rings (SSSR count). The van der Waals surface area contributed by atoms with Crippen LogP contribution in [0.15, 0.2) is 65.7 Å². The van der Waals surface area contributed by atoms with Gasteiger partial charge in [-0.3, -0.25) is 9.78 Å². The first kappa shape index (κ1) is 20.8. The summed E-state index contributed by atoms with van der Waals surface area (Å²) in [5, 5.41) is 4.43. The molecular weight excluding hydrogens is 380 g/mol. The molecule has 0 unspecified atom stereocenters. The van der Waals surface area contributed by atoms with Crippen LogP contribution in [0.1, 0.15) is 19.4 Å². The maximum absolute atomic E-state index is 12.0. The number of amides is 1. The zero-order valence-corrected chi connectivity index (χ0v) is 17.5. The van der Waals surface area contributed by atoms with Gasteiger partial charge in [-0.05, 0) is 35.9 Å². The van der Waals surface area contributed by atoms with Crippen LogP contribution in [0.3, 0.4) is 0 Å². The van der Waals surface area contributed by atoms with Crippen LogP contribution in [0, 0.1) is 11.8 Å². The number of rotatable bonds is 7. The van der Waals surface area contributed by atoms with Gasteiger partial charge in [-0.1, -0.05) is 43.9 Å². The molecule has 0 saturated heterocycles. The Balaban J connectivity index is 1.38. The van der Waals surface area contributed by atoms with Crippen molar-refractivity contribution in [2.75, 3.05) is 13.2 Å². The van der Waals surface area contributed by atoms with Crippen LogP contribution in [0.2, 0.25) is 0 Å². The number of aromatic nitrogens is 1. The first-order valence-electron chi connectivity index (χ1n) is 9.56. The zero-order valence-electron chi connectivity index (χ0n) is 16.6. The molecule has 1 aromatic heterocycles. The van der Waals surface area contributed by atoms with Gasteiger partial charge in [0.2, 0.25) is 5.91 Å².